The number of likely N-dealkylation sites (N-methyl/N-ethyl adjacent to an activating group) is 1. The van der Waals surface area contributed by atoms with Gasteiger partial charge in [-0.2, -0.15) is 8.61 Å². The number of nitrogens with zero attached hydrogens (tertiary/aromatic N) is 7. The zero-order valence-electron chi connectivity index (χ0n) is 33.0. The minimum Gasteiger partial charge on any atom is -0.315 e. The molecule has 4 aliphatic rings. The highest BCUT2D eigenvalue weighted by atomic mass is 32.2. The van der Waals surface area contributed by atoms with Crippen LogP contribution in [0.2, 0.25) is 0 Å². The van der Waals surface area contributed by atoms with Gasteiger partial charge < -0.3 is 10.2 Å². The highest BCUT2D eigenvalue weighted by Crippen LogP contribution is 2.15. The molecular formula is C34H76N8O4S2. The molecule has 0 aromatic rings. The molecule has 12 nitrogen and oxygen atoms in total. The van der Waals surface area contributed by atoms with Crippen LogP contribution < -0.4 is 5.32 Å². The molecule has 0 aromatic carbocycles. The first-order valence-corrected chi connectivity index (χ1v) is 22.2. The Kier molecular flexibility index (Phi) is 21.4. The standard InChI is InChI=1S/C9H20N2O2S.C9H20N2.C8H18N2O2S.C8H18N2/c1-8(2)11-6-5-10(7-9(11)3)14(4,12)13;1-9(2)11-6-4-5-10(3)7-8-11;1-8(2)9-4-6-10(7-5-9)13(3,11)12;1-8(2)10-6-3-4-9-5-7-10/h8-9H,5-7H2,1-4H3;9H,4-8H2,1-3H3;8H,4-7H2,1-3H3;8-9H,3-7H2,1-2H3/t9-;;;/m1.../s1. The third-order valence-corrected chi connectivity index (χ3v) is 12.4. The van der Waals surface area contributed by atoms with Crippen molar-refractivity contribution in [2.75, 3.05) is 118 Å². The molecule has 0 aromatic heterocycles. The van der Waals surface area contributed by atoms with Crippen molar-refractivity contribution in [2.45, 2.75) is 105 Å². The van der Waals surface area contributed by atoms with E-state index >= 15 is 0 Å². The molecular weight excluding hydrogens is 649 g/mol. The minimum absolute atomic E-state index is 0.318. The summed E-state index contributed by atoms with van der Waals surface area (Å²) in [6.45, 7) is 34.7. The molecule has 0 saturated carbocycles. The smallest absolute Gasteiger partial charge is 0.211 e. The van der Waals surface area contributed by atoms with Crippen molar-refractivity contribution in [1.82, 2.24) is 38.4 Å². The van der Waals surface area contributed by atoms with Crippen LogP contribution in [0.15, 0.2) is 0 Å². The van der Waals surface area contributed by atoms with E-state index in [1.807, 2.05) is 0 Å². The third kappa shape index (κ3) is 18.2. The van der Waals surface area contributed by atoms with Crippen molar-refractivity contribution in [1.29, 1.82) is 0 Å². The highest BCUT2D eigenvalue weighted by Gasteiger charge is 2.29. The van der Waals surface area contributed by atoms with Gasteiger partial charge in [-0.05, 0) is 108 Å². The predicted molar refractivity (Wildman–Crippen MR) is 204 cm³/mol. The summed E-state index contributed by atoms with van der Waals surface area (Å²) in [5.74, 6) is 0. The summed E-state index contributed by atoms with van der Waals surface area (Å²) in [6.07, 6.45) is 5.19. The zero-order chi connectivity index (χ0) is 36.7. The second-order valence-corrected chi connectivity index (χ2v) is 19.1. The summed E-state index contributed by atoms with van der Waals surface area (Å²) in [4.78, 5) is 12.1. The van der Waals surface area contributed by atoms with Crippen LogP contribution in [-0.4, -0.2) is 198 Å². The van der Waals surface area contributed by atoms with Gasteiger partial charge >= 0.3 is 0 Å². The average molecular weight is 725 g/mol. The maximum Gasteiger partial charge on any atom is 0.211 e. The highest BCUT2D eigenvalue weighted by molar-refractivity contribution is 7.88. The number of rotatable bonds is 6. The molecule has 0 radical (unpaired) electrons. The van der Waals surface area contributed by atoms with Crippen molar-refractivity contribution in [3.05, 3.63) is 0 Å². The lowest BCUT2D eigenvalue weighted by atomic mass is 10.2. The number of hydrogen-bond acceptors (Lipinski definition) is 10. The van der Waals surface area contributed by atoms with E-state index in [9.17, 15) is 16.8 Å². The van der Waals surface area contributed by atoms with Crippen LogP contribution in [0.3, 0.4) is 0 Å². The van der Waals surface area contributed by atoms with E-state index in [0.29, 0.717) is 44.3 Å². The predicted octanol–water partition coefficient (Wildman–Crippen LogP) is 2.05. The number of sulfonamides is 2. The third-order valence-electron chi connectivity index (χ3n) is 9.84. The van der Waals surface area contributed by atoms with Crippen LogP contribution in [0.1, 0.15) is 75.2 Å². The number of hydrogen-bond donors (Lipinski definition) is 1. The SMILES string of the molecule is CC(C)N1CCCN(C)CC1.CC(C)N1CCCNCC1.CC(C)N1CCN(S(C)(=O)=O)CC1.CC(C)N1CCN(S(C)(=O)=O)C[C@H]1C. The van der Waals surface area contributed by atoms with Gasteiger partial charge in [0.2, 0.25) is 20.0 Å². The van der Waals surface area contributed by atoms with Crippen molar-refractivity contribution >= 4 is 20.0 Å². The van der Waals surface area contributed by atoms with Crippen molar-refractivity contribution in [3.63, 3.8) is 0 Å². The number of nitrogens with one attached hydrogen (secondary N) is 1. The summed E-state index contributed by atoms with van der Waals surface area (Å²) in [6, 6.07) is 2.77. The lowest BCUT2D eigenvalue weighted by molar-refractivity contribution is 0.0984. The fourth-order valence-electron chi connectivity index (χ4n) is 6.52. The van der Waals surface area contributed by atoms with Crippen LogP contribution in [0.25, 0.3) is 0 Å². The molecule has 14 heteroatoms. The van der Waals surface area contributed by atoms with Gasteiger partial charge in [-0.1, -0.05) is 0 Å². The lowest BCUT2D eigenvalue weighted by Gasteiger charge is -2.40. The Morgan fingerprint density at radius 3 is 1.46 bits per heavy atom. The van der Waals surface area contributed by atoms with E-state index in [1.165, 1.54) is 71.2 Å². The van der Waals surface area contributed by atoms with Crippen LogP contribution in [0.5, 0.6) is 0 Å². The van der Waals surface area contributed by atoms with Crippen molar-refractivity contribution < 1.29 is 16.8 Å². The Morgan fingerprint density at radius 1 is 0.521 bits per heavy atom. The molecule has 48 heavy (non-hydrogen) atoms. The zero-order valence-corrected chi connectivity index (χ0v) is 34.6. The maximum absolute atomic E-state index is 11.3. The molecule has 1 atom stereocenters. The van der Waals surface area contributed by atoms with Gasteiger partial charge in [0.15, 0.2) is 0 Å². The normalized spacial score (nSPS) is 24.3. The summed E-state index contributed by atoms with van der Waals surface area (Å²) in [7, 11) is -3.76. The Hall–Kier alpha value is -0.420. The molecule has 1 N–H and O–H groups in total. The van der Waals surface area contributed by atoms with E-state index in [0.717, 1.165) is 38.3 Å². The van der Waals surface area contributed by atoms with E-state index in [1.54, 1.807) is 8.61 Å². The molecule has 4 saturated heterocycles. The lowest BCUT2D eigenvalue weighted by Crippen LogP contribution is -2.55. The largest absolute Gasteiger partial charge is 0.315 e. The molecule has 0 unspecified atom stereocenters. The molecule has 0 amide bonds. The Labute approximate surface area is 297 Å². The van der Waals surface area contributed by atoms with Gasteiger partial charge in [0, 0.05) is 102 Å². The molecule has 288 valence electrons. The van der Waals surface area contributed by atoms with Gasteiger partial charge in [0.1, 0.15) is 0 Å². The van der Waals surface area contributed by atoms with Gasteiger partial charge in [0.25, 0.3) is 0 Å². The Bertz CT molecular complexity index is 1060. The molecule has 4 rings (SSSR count). The summed E-state index contributed by atoms with van der Waals surface area (Å²) in [5.41, 5.74) is 0. The van der Waals surface area contributed by atoms with Crippen molar-refractivity contribution in [2.24, 2.45) is 0 Å². The fraction of sp³-hybridized carbons (Fsp3) is 1.00. The quantitative estimate of drug-likeness (QED) is 0.438. The molecule has 0 bridgehead atoms. The van der Waals surface area contributed by atoms with E-state index in [-0.39, 0.29) is 0 Å². The van der Waals surface area contributed by atoms with E-state index in [4.69, 9.17) is 0 Å². The van der Waals surface area contributed by atoms with Crippen LogP contribution in [0.4, 0.5) is 0 Å². The van der Waals surface area contributed by atoms with Crippen molar-refractivity contribution in [3.8, 4) is 0 Å². The second kappa shape index (κ2) is 22.5. The van der Waals surface area contributed by atoms with Gasteiger partial charge in [0.05, 0.1) is 12.5 Å². The number of piperazine rings is 2. The maximum atomic E-state index is 11.3. The Balaban J connectivity index is 0.000000322. The average Bonchev–Trinajstić information content (AvgIpc) is 3.40. The van der Waals surface area contributed by atoms with Crippen LogP contribution in [-0.2, 0) is 20.0 Å². The topological polar surface area (TPSA) is 103 Å². The summed E-state index contributed by atoms with van der Waals surface area (Å²) >= 11 is 0. The monoisotopic (exact) mass is 725 g/mol. The molecule has 0 spiro atoms. The first-order chi connectivity index (χ1) is 22.2. The second-order valence-electron chi connectivity index (χ2n) is 15.1. The molecule has 4 fully saturated rings. The first kappa shape index (κ1) is 45.6. The summed E-state index contributed by atoms with van der Waals surface area (Å²) < 4.78 is 48.1. The van der Waals surface area contributed by atoms with Crippen LogP contribution in [0, 0.1) is 0 Å². The first-order valence-electron chi connectivity index (χ1n) is 18.5. The minimum atomic E-state index is -3.00. The summed E-state index contributed by atoms with van der Waals surface area (Å²) in [5, 5.41) is 3.39. The molecule has 4 aliphatic heterocycles. The van der Waals surface area contributed by atoms with Crippen LogP contribution >= 0.6 is 0 Å². The Morgan fingerprint density at radius 2 is 0.979 bits per heavy atom. The van der Waals surface area contributed by atoms with Gasteiger partial charge in [-0.25, -0.2) is 16.8 Å². The van der Waals surface area contributed by atoms with E-state index in [2.05, 4.69) is 99.2 Å². The fourth-order valence-corrected chi connectivity index (χ4v) is 8.25. The van der Waals surface area contributed by atoms with Gasteiger partial charge in [-0.15, -0.1) is 0 Å². The molecule has 0 aliphatic carbocycles. The van der Waals surface area contributed by atoms with E-state index < -0.39 is 20.0 Å². The molecule has 4 heterocycles. The van der Waals surface area contributed by atoms with Gasteiger partial charge in [-0.3, -0.25) is 19.6 Å².